The van der Waals surface area contributed by atoms with Crippen LogP contribution in [0.4, 0.5) is 0 Å². The number of benzene rings is 1. The highest BCUT2D eigenvalue weighted by atomic mass is 32.1. The number of nitrogens with one attached hydrogen (secondary N) is 1. The number of para-hydroxylation sites is 2. The van der Waals surface area contributed by atoms with Gasteiger partial charge in [0.25, 0.3) is 0 Å². The zero-order chi connectivity index (χ0) is 12.4. The van der Waals surface area contributed by atoms with Gasteiger partial charge in [-0.05, 0) is 35.7 Å². The summed E-state index contributed by atoms with van der Waals surface area (Å²) in [5, 5.41) is 1.98. The number of hydrogen-bond donors (Lipinski definition) is 1. The molecule has 0 bridgehead atoms. The van der Waals surface area contributed by atoms with Crippen molar-refractivity contribution in [2.45, 2.75) is 0 Å². The molecule has 18 heavy (non-hydrogen) atoms. The van der Waals surface area contributed by atoms with Crippen molar-refractivity contribution in [1.82, 2.24) is 9.97 Å². The molecular formula is C14H10N2OS. The third-order valence-electron chi connectivity index (χ3n) is 2.56. The summed E-state index contributed by atoms with van der Waals surface area (Å²) in [6.07, 6.45) is 3.35. The third-order valence-corrected chi connectivity index (χ3v) is 3.40. The zero-order valence-electron chi connectivity index (χ0n) is 9.46. The Morgan fingerprint density at radius 1 is 1.22 bits per heavy atom. The molecule has 0 unspecified atom stereocenters. The van der Waals surface area contributed by atoms with Gasteiger partial charge in [0.2, 0.25) is 5.78 Å². The van der Waals surface area contributed by atoms with Gasteiger partial charge in [0, 0.05) is 4.88 Å². The molecule has 88 valence electrons. The van der Waals surface area contributed by atoms with Gasteiger partial charge in [-0.15, -0.1) is 11.3 Å². The highest BCUT2D eigenvalue weighted by Gasteiger charge is 2.07. The van der Waals surface area contributed by atoms with E-state index < -0.39 is 0 Å². The van der Waals surface area contributed by atoms with Crippen LogP contribution in [0.5, 0.6) is 0 Å². The number of rotatable bonds is 3. The van der Waals surface area contributed by atoms with E-state index in [0.717, 1.165) is 15.9 Å². The maximum Gasteiger partial charge on any atom is 0.221 e. The minimum Gasteiger partial charge on any atom is -0.335 e. The zero-order valence-corrected chi connectivity index (χ0v) is 10.3. The predicted molar refractivity (Wildman–Crippen MR) is 73.8 cm³/mol. The number of aromatic amines is 1. The number of carbonyl (C=O) groups excluding carboxylic acids is 1. The number of ketones is 1. The SMILES string of the molecule is O=C(/C=C/c1cccs1)c1nc2ccccc2[nH]1. The normalized spacial score (nSPS) is 11.3. The van der Waals surface area contributed by atoms with Crippen molar-refractivity contribution in [2.75, 3.05) is 0 Å². The summed E-state index contributed by atoms with van der Waals surface area (Å²) < 4.78 is 0. The third kappa shape index (κ3) is 2.10. The number of thiophene rings is 1. The number of H-pyrrole nitrogens is 1. The maximum atomic E-state index is 11.9. The van der Waals surface area contributed by atoms with Crippen molar-refractivity contribution in [3.63, 3.8) is 0 Å². The molecular weight excluding hydrogens is 244 g/mol. The van der Waals surface area contributed by atoms with Crippen LogP contribution >= 0.6 is 11.3 Å². The minimum atomic E-state index is -0.111. The Balaban J connectivity index is 1.88. The summed E-state index contributed by atoms with van der Waals surface area (Å²) in [5.41, 5.74) is 1.69. The summed E-state index contributed by atoms with van der Waals surface area (Å²) in [4.78, 5) is 20.3. The van der Waals surface area contributed by atoms with Gasteiger partial charge in [-0.3, -0.25) is 4.79 Å². The molecule has 2 heterocycles. The first-order valence-electron chi connectivity index (χ1n) is 5.53. The number of carbonyl (C=O) groups is 1. The Kier molecular flexibility index (Phi) is 2.78. The second-order valence-corrected chi connectivity index (χ2v) is 4.79. The molecule has 3 aromatic rings. The first-order valence-corrected chi connectivity index (χ1v) is 6.41. The number of hydrogen-bond acceptors (Lipinski definition) is 3. The lowest BCUT2D eigenvalue weighted by molar-refractivity contribution is 0.103. The van der Waals surface area contributed by atoms with Gasteiger partial charge in [0.15, 0.2) is 5.82 Å². The van der Waals surface area contributed by atoms with E-state index >= 15 is 0 Å². The van der Waals surface area contributed by atoms with E-state index in [1.807, 2.05) is 41.8 Å². The predicted octanol–water partition coefficient (Wildman–Crippen LogP) is 3.52. The lowest BCUT2D eigenvalue weighted by Gasteiger charge is -1.87. The molecule has 0 amide bonds. The van der Waals surface area contributed by atoms with Crippen LogP contribution in [0.3, 0.4) is 0 Å². The van der Waals surface area contributed by atoms with Crippen molar-refractivity contribution in [3.8, 4) is 0 Å². The second-order valence-electron chi connectivity index (χ2n) is 3.82. The standard InChI is InChI=1S/C14H10N2OS/c17-13(8-7-10-4-3-9-18-10)14-15-11-5-1-2-6-12(11)16-14/h1-9H,(H,15,16)/b8-7+. The van der Waals surface area contributed by atoms with Gasteiger partial charge in [-0.25, -0.2) is 4.98 Å². The molecule has 1 aromatic carbocycles. The summed E-state index contributed by atoms with van der Waals surface area (Å²) in [7, 11) is 0. The van der Waals surface area contributed by atoms with Crippen LogP contribution in [-0.4, -0.2) is 15.8 Å². The molecule has 0 spiro atoms. The highest BCUT2D eigenvalue weighted by Crippen LogP contribution is 2.13. The average molecular weight is 254 g/mol. The quantitative estimate of drug-likeness (QED) is 0.574. The number of fused-ring (bicyclic) bond motifs is 1. The van der Waals surface area contributed by atoms with E-state index in [1.165, 1.54) is 0 Å². The van der Waals surface area contributed by atoms with E-state index in [9.17, 15) is 4.79 Å². The Morgan fingerprint density at radius 2 is 2.11 bits per heavy atom. The topological polar surface area (TPSA) is 45.8 Å². The van der Waals surface area contributed by atoms with Crippen LogP contribution in [0.2, 0.25) is 0 Å². The van der Waals surface area contributed by atoms with E-state index in [1.54, 1.807) is 23.5 Å². The van der Waals surface area contributed by atoms with E-state index in [0.29, 0.717) is 5.82 Å². The fraction of sp³-hybridized carbons (Fsp3) is 0. The molecule has 0 atom stereocenters. The van der Waals surface area contributed by atoms with Gasteiger partial charge in [0.05, 0.1) is 11.0 Å². The van der Waals surface area contributed by atoms with Gasteiger partial charge < -0.3 is 4.98 Å². The van der Waals surface area contributed by atoms with E-state index in [2.05, 4.69) is 9.97 Å². The Bertz CT molecular complexity index is 677. The molecule has 0 radical (unpaired) electrons. The van der Waals surface area contributed by atoms with Gasteiger partial charge in [-0.2, -0.15) is 0 Å². The van der Waals surface area contributed by atoms with Gasteiger partial charge in [-0.1, -0.05) is 18.2 Å². The molecule has 3 nitrogen and oxygen atoms in total. The Labute approximate surface area is 108 Å². The molecule has 0 aliphatic rings. The number of nitrogens with zero attached hydrogens (tertiary/aromatic N) is 1. The van der Waals surface area contributed by atoms with E-state index in [-0.39, 0.29) is 5.78 Å². The van der Waals surface area contributed by atoms with E-state index in [4.69, 9.17) is 0 Å². The summed E-state index contributed by atoms with van der Waals surface area (Å²) >= 11 is 1.60. The van der Waals surface area contributed by atoms with Gasteiger partial charge in [0.1, 0.15) is 0 Å². The largest absolute Gasteiger partial charge is 0.335 e. The number of imidazole rings is 1. The summed E-state index contributed by atoms with van der Waals surface area (Å²) in [6.45, 7) is 0. The van der Waals surface area contributed by atoms with Crippen LogP contribution in [0.15, 0.2) is 47.9 Å². The van der Waals surface area contributed by atoms with Crippen LogP contribution in [0.25, 0.3) is 17.1 Å². The van der Waals surface area contributed by atoms with Crippen molar-refractivity contribution in [2.24, 2.45) is 0 Å². The van der Waals surface area contributed by atoms with Crippen molar-refractivity contribution in [1.29, 1.82) is 0 Å². The summed E-state index contributed by atoms with van der Waals surface area (Å²) in [5.74, 6) is 0.267. The fourth-order valence-corrected chi connectivity index (χ4v) is 2.31. The molecule has 0 saturated heterocycles. The van der Waals surface area contributed by atoms with Crippen molar-refractivity contribution in [3.05, 3.63) is 58.6 Å². The first kappa shape index (κ1) is 10.9. The number of allylic oxidation sites excluding steroid dienone is 1. The van der Waals surface area contributed by atoms with Gasteiger partial charge >= 0.3 is 0 Å². The molecule has 0 aliphatic carbocycles. The first-order chi connectivity index (χ1) is 8.83. The molecule has 0 fully saturated rings. The second kappa shape index (κ2) is 4.58. The van der Waals surface area contributed by atoms with Crippen molar-refractivity contribution < 1.29 is 4.79 Å². The lowest BCUT2D eigenvalue weighted by Crippen LogP contribution is -1.96. The maximum absolute atomic E-state index is 11.9. The smallest absolute Gasteiger partial charge is 0.221 e. The molecule has 2 aromatic heterocycles. The Hall–Kier alpha value is -2.20. The highest BCUT2D eigenvalue weighted by molar-refractivity contribution is 7.10. The molecule has 1 N–H and O–H groups in total. The molecule has 0 aliphatic heterocycles. The average Bonchev–Trinajstić information content (AvgIpc) is 3.04. The number of aromatic nitrogens is 2. The molecule has 4 heteroatoms. The lowest BCUT2D eigenvalue weighted by atomic mass is 10.3. The minimum absolute atomic E-state index is 0.111. The van der Waals surface area contributed by atoms with Crippen LogP contribution < -0.4 is 0 Å². The molecule has 0 saturated carbocycles. The van der Waals surface area contributed by atoms with Crippen LogP contribution in [-0.2, 0) is 0 Å². The monoisotopic (exact) mass is 254 g/mol. The van der Waals surface area contributed by atoms with Crippen molar-refractivity contribution >= 4 is 34.2 Å². The summed E-state index contributed by atoms with van der Waals surface area (Å²) in [6, 6.07) is 11.5. The fourth-order valence-electron chi connectivity index (χ4n) is 1.69. The molecule has 3 rings (SSSR count). The Morgan fingerprint density at radius 3 is 2.89 bits per heavy atom. The van der Waals surface area contributed by atoms with Crippen LogP contribution in [0, 0.1) is 0 Å². The van der Waals surface area contributed by atoms with Crippen LogP contribution in [0.1, 0.15) is 15.5 Å².